The van der Waals surface area contributed by atoms with E-state index in [-0.39, 0.29) is 21.8 Å². The van der Waals surface area contributed by atoms with E-state index in [1.807, 2.05) is 0 Å². The highest BCUT2D eigenvalue weighted by Crippen LogP contribution is 2.36. The van der Waals surface area contributed by atoms with Gasteiger partial charge >= 0.3 is 5.97 Å². The molecule has 0 atom stereocenters. The normalized spacial score (nSPS) is 14.7. The van der Waals surface area contributed by atoms with Gasteiger partial charge in [-0.15, -0.1) is 0 Å². The molecule has 2 amide bonds. The van der Waals surface area contributed by atoms with Crippen LogP contribution in [-0.2, 0) is 16.2 Å². The third-order valence-electron chi connectivity index (χ3n) is 3.97. The molecular weight excluding hydrogens is 401 g/mol. The van der Waals surface area contributed by atoms with Crippen molar-refractivity contribution in [3.05, 3.63) is 58.0 Å². The summed E-state index contributed by atoms with van der Waals surface area (Å²) >= 11 is 0.809. The van der Waals surface area contributed by atoms with E-state index in [9.17, 15) is 18.8 Å². The van der Waals surface area contributed by atoms with E-state index < -0.39 is 23.8 Å². The van der Waals surface area contributed by atoms with E-state index in [2.05, 4.69) is 10.1 Å². The number of thioether (sulfide) groups is 1. The summed E-state index contributed by atoms with van der Waals surface area (Å²) in [6.07, 6.45) is 1.55. The molecule has 1 aliphatic heterocycles. The van der Waals surface area contributed by atoms with Crippen molar-refractivity contribution < 1.29 is 33.0 Å². The van der Waals surface area contributed by atoms with Crippen LogP contribution in [0.25, 0.3) is 6.08 Å². The standard InChI is InChI=1S/C20H16FNO6S/c1-26-16-7-11(8-17-18(23)22-20(25)29-17)3-5-15(16)28-14-6-4-12(19(24)27-2)9-13(14)10-21/h3-9H,10H2,1-2H3,(H,22,23,25)/b17-8-. The van der Waals surface area contributed by atoms with Gasteiger partial charge in [-0.05, 0) is 53.7 Å². The predicted molar refractivity (Wildman–Crippen MR) is 105 cm³/mol. The van der Waals surface area contributed by atoms with Gasteiger partial charge in [-0.25, -0.2) is 9.18 Å². The summed E-state index contributed by atoms with van der Waals surface area (Å²) in [4.78, 5) is 34.8. The van der Waals surface area contributed by atoms with E-state index in [1.54, 1.807) is 24.3 Å². The molecule has 2 aromatic carbocycles. The van der Waals surface area contributed by atoms with Gasteiger partial charge in [0.1, 0.15) is 12.4 Å². The molecule has 29 heavy (non-hydrogen) atoms. The van der Waals surface area contributed by atoms with E-state index in [0.29, 0.717) is 17.1 Å². The highest BCUT2D eigenvalue weighted by atomic mass is 32.2. The number of hydrogen-bond donors (Lipinski definition) is 1. The van der Waals surface area contributed by atoms with E-state index in [1.165, 1.54) is 32.4 Å². The van der Waals surface area contributed by atoms with Crippen molar-refractivity contribution in [2.24, 2.45) is 0 Å². The van der Waals surface area contributed by atoms with Crippen LogP contribution in [0.3, 0.4) is 0 Å². The van der Waals surface area contributed by atoms with Gasteiger partial charge in [0.2, 0.25) is 0 Å². The number of esters is 1. The maximum atomic E-state index is 13.4. The van der Waals surface area contributed by atoms with Gasteiger partial charge in [0.05, 0.1) is 24.7 Å². The lowest BCUT2D eigenvalue weighted by atomic mass is 10.1. The lowest BCUT2D eigenvalue weighted by molar-refractivity contribution is -0.115. The summed E-state index contributed by atoms with van der Waals surface area (Å²) in [5, 5.41) is 1.75. The fourth-order valence-corrected chi connectivity index (χ4v) is 3.26. The average molecular weight is 417 g/mol. The predicted octanol–water partition coefficient (Wildman–Crippen LogP) is 4.07. The smallest absolute Gasteiger partial charge is 0.337 e. The summed E-state index contributed by atoms with van der Waals surface area (Å²) in [6, 6.07) is 9.19. The minimum absolute atomic E-state index is 0.179. The summed E-state index contributed by atoms with van der Waals surface area (Å²) < 4.78 is 29.2. The van der Waals surface area contributed by atoms with Crippen molar-refractivity contribution in [3.63, 3.8) is 0 Å². The molecule has 1 aliphatic rings. The Kier molecular flexibility index (Phi) is 6.18. The summed E-state index contributed by atoms with van der Waals surface area (Å²) in [6.45, 7) is -0.840. The van der Waals surface area contributed by atoms with Crippen LogP contribution >= 0.6 is 11.8 Å². The van der Waals surface area contributed by atoms with Gasteiger partial charge in [0.15, 0.2) is 11.5 Å². The number of benzene rings is 2. The lowest BCUT2D eigenvalue weighted by Crippen LogP contribution is -2.17. The molecule has 1 N–H and O–H groups in total. The number of nitrogens with one attached hydrogen (secondary N) is 1. The van der Waals surface area contributed by atoms with Crippen molar-refractivity contribution in [1.29, 1.82) is 0 Å². The molecule has 2 aromatic rings. The highest BCUT2D eigenvalue weighted by Gasteiger charge is 2.25. The highest BCUT2D eigenvalue weighted by molar-refractivity contribution is 8.18. The van der Waals surface area contributed by atoms with Crippen molar-refractivity contribution in [2.45, 2.75) is 6.67 Å². The van der Waals surface area contributed by atoms with Gasteiger partial charge in [-0.3, -0.25) is 14.9 Å². The molecule has 1 fully saturated rings. The number of imide groups is 1. The van der Waals surface area contributed by atoms with E-state index in [0.717, 1.165) is 11.8 Å². The Morgan fingerprint density at radius 1 is 1.10 bits per heavy atom. The van der Waals surface area contributed by atoms with Crippen molar-refractivity contribution >= 4 is 35.0 Å². The maximum Gasteiger partial charge on any atom is 0.337 e. The van der Waals surface area contributed by atoms with Gasteiger partial charge in [-0.2, -0.15) is 0 Å². The van der Waals surface area contributed by atoms with Crippen LogP contribution in [0, 0.1) is 0 Å². The minimum atomic E-state index is -0.840. The summed E-state index contributed by atoms with van der Waals surface area (Å²) in [5.74, 6) is -0.155. The molecule has 0 unspecified atom stereocenters. The Morgan fingerprint density at radius 2 is 1.86 bits per heavy atom. The van der Waals surface area contributed by atoms with Gasteiger partial charge < -0.3 is 14.2 Å². The molecule has 0 saturated carbocycles. The molecule has 9 heteroatoms. The number of carbonyl (C=O) groups excluding carboxylic acids is 3. The monoisotopic (exact) mass is 417 g/mol. The zero-order valence-electron chi connectivity index (χ0n) is 15.5. The SMILES string of the molecule is COC(=O)c1ccc(Oc2ccc(/C=C3\SC(=O)NC3=O)cc2OC)c(CF)c1. The molecule has 1 saturated heterocycles. The molecule has 0 aromatic heterocycles. The number of rotatable bonds is 6. The molecule has 0 radical (unpaired) electrons. The quantitative estimate of drug-likeness (QED) is 0.560. The Hall–Kier alpha value is -3.33. The third kappa shape index (κ3) is 4.57. The Bertz CT molecular complexity index is 1020. The minimum Gasteiger partial charge on any atom is -0.493 e. The zero-order valence-corrected chi connectivity index (χ0v) is 16.3. The van der Waals surface area contributed by atoms with Crippen molar-refractivity contribution in [3.8, 4) is 17.2 Å². The van der Waals surface area contributed by atoms with Crippen LogP contribution in [0.15, 0.2) is 41.3 Å². The van der Waals surface area contributed by atoms with Gasteiger partial charge in [-0.1, -0.05) is 6.07 Å². The number of amides is 2. The molecule has 0 bridgehead atoms. The van der Waals surface area contributed by atoms with Crippen LogP contribution in [0.4, 0.5) is 9.18 Å². The molecule has 7 nitrogen and oxygen atoms in total. The number of hydrogen-bond acceptors (Lipinski definition) is 7. The Balaban J connectivity index is 1.88. The third-order valence-corrected chi connectivity index (χ3v) is 4.78. The second kappa shape index (κ2) is 8.78. The summed E-state index contributed by atoms with van der Waals surface area (Å²) in [7, 11) is 2.68. The first-order valence-electron chi connectivity index (χ1n) is 8.33. The largest absolute Gasteiger partial charge is 0.493 e. The van der Waals surface area contributed by atoms with Crippen LogP contribution in [0.5, 0.6) is 17.2 Å². The van der Waals surface area contributed by atoms with Crippen molar-refractivity contribution in [2.75, 3.05) is 14.2 Å². The fraction of sp³-hybridized carbons (Fsp3) is 0.150. The lowest BCUT2D eigenvalue weighted by Gasteiger charge is -2.14. The first-order valence-corrected chi connectivity index (χ1v) is 9.14. The number of halogens is 1. The number of methoxy groups -OCH3 is 2. The first-order chi connectivity index (χ1) is 13.9. The fourth-order valence-electron chi connectivity index (χ4n) is 2.58. The first kappa shape index (κ1) is 20.4. The Morgan fingerprint density at radius 3 is 2.48 bits per heavy atom. The molecule has 1 heterocycles. The van der Waals surface area contributed by atoms with E-state index in [4.69, 9.17) is 9.47 Å². The van der Waals surface area contributed by atoms with E-state index >= 15 is 0 Å². The van der Waals surface area contributed by atoms with Crippen LogP contribution in [-0.4, -0.2) is 31.3 Å². The average Bonchev–Trinajstić information content (AvgIpc) is 3.05. The maximum absolute atomic E-state index is 13.4. The van der Waals surface area contributed by atoms with Crippen LogP contribution in [0.2, 0.25) is 0 Å². The molecule has 0 spiro atoms. The topological polar surface area (TPSA) is 90.9 Å². The molecular formula is C20H16FNO6S. The molecule has 3 rings (SSSR count). The van der Waals surface area contributed by atoms with Gasteiger partial charge in [0, 0.05) is 5.56 Å². The Labute approximate surface area is 169 Å². The second-order valence-corrected chi connectivity index (χ2v) is 6.83. The van der Waals surface area contributed by atoms with Crippen molar-refractivity contribution in [1.82, 2.24) is 5.32 Å². The molecule has 150 valence electrons. The number of alkyl halides is 1. The molecule has 0 aliphatic carbocycles. The van der Waals surface area contributed by atoms with Crippen LogP contribution in [0.1, 0.15) is 21.5 Å². The number of carbonyl (C=O) groups is 3. The van der Waals surface area contributed by atoms with Crippen LogP contribution < -0.4 is 14.8 Å². The second-order valence-electron chi connectivity index (χ2n) is 5.81. The zero-order chi connectivity index (χ0) is 21.0. The number of ether oxygens (including phenoxy) is 3. The summed E-state index contributed by atoms with van der Waals surface area (Å²) in [5.41, 5.74) is 1.01. The van der Waals surface area contributed by atoms with Gasteiger partial charge in [0.25, 0.3) is 11.1 Å².